The molecule has 0 aliphatic heterocycles. The van der Waals surface area contributed by atoms with E-state index < -0.39 is 11.3 Å². The summed E-state index contributed by atoms with van der Waals surface area (Å²) in [4.78, 5) is 0. The van der Waals surface area contributed by atoms with E-state index in [4.69, 9.17) is 0 Å². The van der Waals surface area contributed by atoms with Crippen molar-refractivity contribution in [2.75, 3.05) is 5.34 Å². The molecular weight excluding hydrogens is 132 g/mol. The third-order valence-electron chi connectivity index (χ3n) is 0.549. The van der Waals surface area contributed by atoms with E-state index in [1.807, 2.05) is 0 Å². The maximum Gasteiger partial charge on any atom is 0.325 e. The first-order valence-corrected chi connectivity index (χ1v) is 1.93. The quantitative estimate of drug-likeness (QED) is 0.498. The molecule has 1 rings (SSSR count). The third-order valence-corrected chi connectivity index (χ3v) is 0.549. The zero-order chi connectivity index (χ0) is 6.69. The summed E-state index contributed by atoms with van der Waals surface area (Å²) < 4.78 is 22.8. The van der Waals surface area contributed by atoms with E-state index in [9.17, 15) is 8.96 Å². The van der Waals surface area contributed by atoms with Gasteiger partial charge in [-0.2, -0.15) is 0 Å². The van der Waals surface area contributed by atoms with Crippen LogP contribution in [0.15, 0.2) is 6.33 Å². The Morgan fingerprint density at radius 1 is 1.22 bits per heavy atom. The summed E-state index contributed by atoms with van der Waals surface area (Å²) in [6.45, 7) is 0. The van der Waals surface area contributed by atoms with Crippen LogP contribution in [0.5, 0.6) is 0 Å². The van der Waals surface area contributed by atoms with E-state index in [-0.39, 0.29) is 0 Å². The van der Waals surface area contributed by atoms with Crippen LogP contribution in [-0.2, 0) is 0 Å². The lowest BCUT2D eigenvalue weighted by atomic mass is 11.1. The van der Waals surface area contributed by atoms with Gasteiger partial charge in [-0.3, -0.25) is 0 Å². The number of anilines is 1. The summed E-state index contributed by atoms with van der Waals surface area (Å²) >= 11 is 0. The van der Waals surface area contributed by atoms with Crippen LogP contribution in [0.2, 0.25) is 0 Å². The Labute approximate surface area is 48.2 Å². The van der Waals surface area contributed by atoms with Crippen molar-refractivity contribution in [2.45, 2.75) is 0 Å². The van der Waals surface area contributed by atoms with Gasteiger partial charge >= 0.3 is 5.95 Å². The molecule has 0 saturated heterocycles. The molecule has 0 saturated carbocycles. The Morgan fingerprint density at radius 3 is 2.11 bits per heavy atom. The molecule has 1 aromatic heterocycles. The number of rotatable bonds is 1. The van der Waals surface area contributed by atoms with Crippen molar-refractivity contribution in [3.63, 3.8) is 0 Å². The van der Waals surface area contributed by atoms with Gasteiger partial charge in [0, 0.05) is 5.34 Å². The van der Waals surface area contributed by atoms with Crippen LogP contribution in [-0.4, -0.2) is 20.4 Å². The van der Waals surface area contributed by atoms with Crippen LogP contribution < -0.4 is 5.34 Å². The van der Waals surface area contributed by atoms with Gasteiger partial charge in [-0.05, 0) is 0 Å². The lowest BCUT2D eigenvalue weighted by molar-refractivity contribution is 0.224. The minimum Gasteiger partial charge on any atom is -0.133 e. The zero-order valence-electron chi connectivity index (χ0n) is 4.07. The van der Waals surface area contributed by atoms with Gasteiger partial charge in [0.05, 0.1) is 0 Å². The fraction of sp³-hybridized carbons (Fsp3) is 0. The maximum atomic E-state index is 11.4. The molecule has 0 spiro atoms. The Bertz CT molecular complexity index is 176. The van der Waals surface area contributed by atoms with Crippen molar-refractivity contribution in [2.24, 2.45) is 0 Å². The van der Waals surface area contributed by atoms with Gasteiger partial charge in [-0.1, -0.05) is 8.96 Å². The fourth-order valence-electron chi connectivity index (χ4n) is 0.266. The Balaban J connectivity index is 2.85. The summed E-state index contributed by atoms with van der Waals surface area (Å²) in [6.07, 6.45) is 0.965. The minimum atomic E-state index is -1.26. The molecule has 0 aromatic carbocycles. The molecule has 5 nitrogen and oxygen atoms in total. The molecule has 0 amide bonds. The number of aromatic nitrogens is 4. The van der Waals surface area contributed by atoms with E-state index in [0.717, 1.165) is 6.33 Å². The molecule has 0 aliphatic carbocycles. The van der Waals surface area contributed by atoms with Crippen LogP contribution >= 0.6 is 0 Å². The summed E-state index contributed by atoms with van der Waals surface area (Å²) in [7, 11) is 0. The zero-order valence-corrected chi connectivity index (χ0v) is 4.07. The van der Waals surface area contributed by atoms with Gasteiger partial charge in [0.15, 0.2) is 6.33 Å². The molecular formula is C2HF2N5. The van der Waals surface area contributed by atoms with Gasteiger partial charge in [0.2, 0.25) is 0 Å². The summed E-state index contributed by atoms with van der Waals surface area (Å²) in [6, 6.07) is 0. The highest BCUT2D eigenvalue weighted by molar-refractivity contribution is 5.13. The largest absolute Gasteiger partial charge is 0.325 e. The molecule has 1 aromatic rings. The van der Waals surface area contributed by atoms with Gasteiger partial charge in [0.1, 0.15) is 0 Å². The topological polar surface area (TPSA) is 54.8 Å². The second kappa shape index (κ2) is 2.25. The van der Waals surface area contributed by atoms with Crippen molar-refractivity contribution < 1.29 is 8.96 Å². The first-order chi connectivity index (χ1) is 4.30. The Hall–Kier alpha value is -1.40. The highest BCUT2D eigenvalue weighted by Gasteiger charge is 2.04. The smallest absolute Gasteiger partial charge is 0.133 e. The van der Waals surface area contributed by atoms with Crippen molar-refractivity contribution in [3.8, 4) is 0 Å². The second-order valence-electron chi connectivity index (χ2n) is 1.08. The average Bonchev–Trinajstić information content (AvgIpc) is 1.90. The number of hydrogen-bond acceptors (Lipinski definition) is 5. The first-order valence-electron chi connectivity index (χ1n) is 1.93. The normalized spacial score (nSPS) is 9.11. The monoisotopic (exact) mass is 133 g/mol. The Morgan fingerprint density at radius 2 is 1.78 bits per heavy atom. The molecule has 0 atom stereocenters. The molecule has 48 valence electrons. The summed E-state index contributed by atoms with van der Waals surface area (Å²) in [5.74, 6) is -0.808. The van der Waals surface area contributed by atoms with Crippen LogP contribution in [0.1, 0.15) is 0 Å². The van der Waals surface area contributed by atoms with Crippen LogP contribution in [0.3, 0.4) is 0 Å². The van der Waals surface area contributed by atoms with Crippen LogP contribution in [0.25, 0.3) is 0 Å². The molecule has 0 unspecified atom stereocenters. The Kier molecular flexibility index (Phi) is 1.43. The lowest BCUT2D eigenvalue weighted by Crippen LogP contribution is -2.03. The van der Waals surface area contributed by atoms with Gasteiger partial charge in [-0.25, -0.2) is 0 Å². The number of hydrogen-bond donors (Lipinski definition) is 0. The van der Waals surface area contributed by atoms with Crippen molar-refractivity contribution >= 4 is 5.95 Å². The number of halogens is 2. The first kappa shape index (κ1) is 5.73. The van der Waals surface area contributed by atoms with E-state index in [0.29, 0.717) is 0 Å². The molecule has 1 heterocycles. The predicted molar refractivity (Wildman–Crippen MR) is 22.3 cm³/mol. The predicted octanol–water partition coefficient (Wildman–Crippen LogP) is -0.158. The average molecular weight is 133 g/mol. The van der Waals surface area contributed by atoms with Gasteiger partial charge in [0.25, 0.3) is 0 Å². The van der Waals surface area contributed by atoms with Crippen molar-refractivity contribution in [1.29, 1.82) is 0 Å². The maximum absolute atomic E-state index is 11.4. The summed E-state index contributed by atoms with van der Waals surface area (Å²) in [5, 5.41) is 10.7. The van der Waals surface area contributed by atoms with Crippen LogP contribution in [0, 0.1) is 0 Å². The van der Waals surface area contributed by atoms with Crippen LogP contribution in [0.4, 0.5) is 14.9 Å². The van der Waals surface area contributed by atoms with E-state index in [1.54, 1.807) is 0 Å². The second-order valence-corrected chi connectivity index (χ2v) is 1.08. The van der Waals surface area contributed by atoms with Crippen molar-refractivity contribution in [3.05, 3.63) is 6.33 Å². The molecule has 7 heteroatoms. The minimum absolute atomic E-state index is 0.808. The van der Waals surface area contributed by atoms with E-state index in [1.165, 1.54) is 0 Å². The third kappa shape index (κ3) is 1.24. The summed E-state index contributed by atoms with van der Waals surface area (Å²) in [5.41, 5.74) is 0. The van der Waals surface area contributed by atoms with E-state index >= 15 is 0 Å². The lowest BCUT2D eigenvalue weighted by Gasteiger charge is -1.92. The highest BCUT2D eigenvalue weighted by Crippen LogP contribution is 2.01. The highest BCUT2D eigenvalue weighted by atomic mass is 19.4. The fourth-order valence-corrected chi connectivity index (χ4v) is 0.266. The number of nitrogens with zero attached hydrogens (tertiary/aromatic N) is 5. The van der Waals surface area contributed by atoms with Crippen molar-refractivity contribution in [1.82, 2.24) is 20.4 Å². The van der Waals surface area contributed by atoms with Gasteiger partial charge < -0.3 is 0 Å². The SMILES string of the molecule is FN(F)c1nncnn1. The molecule has 0 bridgehead atoms. The molecule has 0 N–H and O–H groups in total. The van der Waals surface area contributed by atoms with E-state index in [2.05, 4.69) is 20.4 Å². The molecule has 0 aliphatic rings. The van der Waals surface area contributed by atoms with Gasteiger partial charge in [-0.15, -0.1) is 20.4 Å². The molecule has 0 fully saturated rings. The molecule has 0 radical (unpaired) electrons. The standard InChI is InChI=1S/C2HF2N5/c3-9(4)2-7-5-1-6-8-2/h1H. The molecule has 9 heavy (non-hydrogen) atoms.